The Labute approximate surface area is 121 Å². The van der Waals surface area contributed by atoms with Crippen LogP contribution in [0.15, 0.2) is 0 Å². The van der Waals surface area contributed by atoms with Crippen molar-refractivity contribution >= 4 is 11.9 Å². The van der Waals surface area contributed by atoms with E-state index < -0.39 is 35.4 Å². The molecule has 0 bridgehead atoms. The van der Waals surface area contributed by atoms with E-state index in [9.17, 15) is 27.9 Å². The first-order valence-corrected chi connectivity index (χ1v) is 7.38. The van der Waals surface area contributed by atoms with Crippen LogP contribution < -0.4 is 5.32 Å². The average Bonchev–Trinajstić information content (AvgIpc) is 2.87. The molecule has 2 aliphatic rings. The topological polar surface area (TPSA) is 66.4 Å². The fourth-order valence-electron chi connectivity index (χ4n) is 3.54. The normalized spacial score (nSPS) is 29.1. The molecule has 0 heterocycles. The van der Waals surface area contributed by atoms with Gasteiger partial charge in [0.05, 0.1) is 5.92 Å². The third kappa shape index (κ3) is 3.32. The van der Waals surface area contributed by atoms with Crippen LogP contribution in [0, 0.1) is 11.8 Å². The van der Waals surface area contributed by atoms with Gasteiger partial charge in [-0.05, 0) is 25.7 Å². The Hall–Kier alpha value is -1.27. The summed E-state index contributed by atoms with van der Waals surface area (Å²) in [4.78, 5) is 23.6. The fraction of sp³-hybridized carbons (Fsp3) is 0.857. The van der Waals surface area contributed by atoms with E-state index in [1.165, 1.54) is 0 Å². The van der Waals surface area contributed by atoms with Gasteiger partial charge in [-0.3, -0.25) is 4.79 Å². The summed E-state index contributed by atoms with van der Waals surface area (Å²) < 4.78 is 39.1. The van der Waals surface area contributed by atoms with Crippen LogP contribution in [-0.4, -0.2) is 28.7 Å². The number of carbonyl (C=O) groups excluding carboxylic acids is 1. The number of halogens is 3. The number of nitrogens with one attached hydrogen (secondary N) is 1. The molecule has 2 rings (SSSR count). The molecule has 2 unspecified atom stereocenters. The van der Waals surface area contributed by atoms with E-state index in [0.29, 0.717) is 25.7 Å². The van der Waals surface area contributed by atoms with Gasteiger partial charge in [-0.25, -0.2) is 4.79 Å². The zero-order valence-electron chi connectivity index (χ0n) is 11.7. The van der Waals surface area contributed by atoms with E-state index in [-0.39, 0.29) is 25.7 Å². The Morgan fingerprint density at radius 3 is 2.14 bits per heavy atom. The maximum absolute atomic E-state index is 13.0. The van der Waals surface area contributed by atoms with Gasteiger partial charge in [-0.1, -0.05) is 25.7 Å². The second-order valence-electron chi connectivity index (χ2n) is 6.12. The maximum atomic E-state index is 13.0. The number of carboxylic acid groups (broad SMARTS) is 1. The van der Waals surface area contributed by atoms with Gasteiger partial charge in [0.25, 0.3) is 0 Å². The standard InChI is InChI=1S/C14H20F3NO3/c15-14(16,17)10-6-2-1-5-9(10)11(19)18-13(12(20)21)7-3-4-8-13/h9-10H,1-8H2,(H,18,19)(H,20,21). The lowest BCUT2D eigenvalue weighted by Crippen LogP contribution is -2.56. The Kier molecular flexibility index (Phi) is 4.49. The molecular formula is C14H20F3NO3. The molecule has 0 aromatic carbocycles. The minimum Gasteiger partial charge on any atom is -0.480 e. The zero-order chi connectivity index (χ0) is 15.7. The van der Waals surface area contributed by atoms with E-state index in [4.69, 9.17) is 0 Å². The molecule has 7 heteroatoms. The van der Waals surface area contributed by atoms with Crippen molar-refractivity contribution in [1.82, 2.24) is 5.32 Å². The quantitative estimate of drug-likeness (QED) is 0.842. The Bertz CT molecular complexity index is 416. The minimum atomic E-state index is -4.41. The molecule has 2 fully saturated rings. The number of hydrogen-bond donors (Lipinski definition) is 2. The highest BCUT2D eigenvalue weighted by molar-refractivity contribution is 5.88. The number of aliphatic carboxylic acids is 1. The highest BCUT2D eigenvalue weighted by Gasteiger charge is 2.50. The average molecular weight is 307 g/mol. The largest absolute Gasteiger partial charge is 0.480 e. The van der Waals surface area contributed by atoms with E-state index >= 15 is 0 Å². The van der Waals surface area contributed by atoms with Gasteiger partial charge < -0.3 is 10.4 Å². The van der Waals surface area contributed by atoms with Crippen LogP contribution in [0.2, 0.25) is 0 Å². The van der Waals surface area contributed by atoms with Gasteiger partial charge in [0, 0.05) is 5.92 Å². The van der Waals surface area contributed by atoms with Crippen LogP contribution in [0.1, 0.15) is 51.4 Å². The lowest BCUT2D eigenvalue weighted by Gasteiger charge is -2.34. The Morgan fingerprint density at radius 2 is 1.62 bits per heavy atom. The molecule has 0 spiro atoms. The number of carboxylic acids is 1. The first-order valence-electron chi connectivity index (χ1n) is 7.38. The van der Waals surface area contributed by atoms with Crippen molar-refractivity contribution in [2.24, 2.45) is 11.8 Å². The van der Waals surface area contributed by atoms with E-state index in [0.717, 1.165) is 0 Å². The highest BCUT2D eigenvalue weighted by atomic mass is 19.4. The Morgan fingerprint density at radius 1 is 1.05 bits per heavy atom. The molecule has 2 atom stereocenters. The third-order valence-electron chi connectivity index (χ3n) is 4.75. The fourth-order valence-corrected chi connectivity index (χ4v) is 3.54. The smallest absolute Gasteiger partial charge is 0.392 e. The summed E-state index contributed by atoms with van der Waals surface area (Å²) in [6.45, 7) is 0. The van der Waals surface area contributed by atoms with Crippen LogP contribution in [0.25, 0.3) is 0 Å². The van der Waals surface area contributed by atoms with Gasteiger partial charge in [0.2, 0.25) is 5.91 Å². The van der Waals surface area contributed by atoms with Gasteiger partial charge in [0.1, 0.15) is 5.54 Å². The molecule has 2 N–H and O–H groups in total. The minimum absolute atomic E-state index is 0.0539. The molecule has 2 aliphatic carbocycles. The van der Waals surface area contributed by atoms with E-state index in [2.05, 4.69) is 5.32 Å². The van der Waals surface area contributed by atoms with Crippen molar-refractivity contribution in [2.45, 2.75) is 63.1 Å². The lowest BCUT2D eigenvalue weighted by atomic mass is 9.77. The van der Waals surface area contributed by atoms with Crippen LogP contribution in [0.3, 0.4) is 0 Å². The van der Waals surface area contributed by atoms with Crippen molar-refractivity contribution < 1.29 is 27.9 Å². The van der Waals surface area contributed by atoms with Gasteiger partial charge in [-0.2, -0.15) is 13.2 Å². The van der Waals surface area contributed by atoms with Crippen LogP contribution >= 0.6 is 0 Å². The third-order valence-corrected chi connectivity index (χ3v) is 4.75. The zero-order valence-corrected chi connectivity index (χ0v) is 11.7. The summed E-state index contributed by atoms with van der Waals surface area (Å²) in [7, 11) is 0. The van der Waals surface area contributed by atoms with Crippen LogP contribution in [-0.2, 0) is 9.59 Å². The summed E-state index contributed by atoms with van der Waals surface area (Å²) in [5.74, 6) is -4.71. The van der Waals surface area contributed by atoms with Gasteiger partial charge >= 0.3 is 12.1 Å². The second-order valence-corrected chi connectivity index (χ2v) is 6.12. The summed E-state index contributed by atoms with van der Waals surface area (Å²) in [5.41, 5.74) is -1.37. The molecule has 120 valence electrons. The van der Waals surface area contributed by atoms with Crippen molar-refractivity contribution in [1.29, 1.82) is 0 Å². The molecule has 0 saturated heterocycles. The molecule has 1 amide bonds. The maximum Gasteiger partial charge on any atom is 0.392 e. The van der Waals surface area contributed by atoms with Crippen molar-refractivity contribution in [3.05, 3.63) is 0 Å². The highest BCUT2D eigenvalue weighted by Crippen LogP contribution is 2.42. The molecular weight excluding hydrogens is 287 g/mol. The molecule has 21 heavy (non-hydrogen) atoms. The summed E-state index contributed by atoms with van der Waals surface area (Å²) in [6, 6.07) is 0. The molecule has 0 radical (unpaired) electrons. The molecule has 2 saturated carbocycles. The Balaban J connectivity index is 2.12. The molecule has 0 aromatic rings. The van der Waals surface area contributed by atoms with Crippen LogP contribution in [0.5, 0.6) is 0 Å². The number of carbonyl (C=O) groups is 2. The first-order chi connectivity index (χ1) is 9.76. The number of rotatable bonds is 3. The van der Waals surface area contributed by atoms with Crippen LogP contribution in [0.4, 0.5) is 13.2 Å². The monoisotopic (exact) mass is 307 g/mol. The summed E-state index contributed by atoms with van der Waals surface area (Å²) in [6.07, 6.45) is -1.35. The first kappa shape index (κ1) is 16.1. The number of alkyl halides is 3. The SMILES string of the molecule is O=C(NC1(C(=O)O)CCCC1)C1CCCCC1C(F)(F)F. The molecule has 0 aromatic heterocycles. The molecule has 4 nitrogen and oxygen atoms in total. The lowest BCUT2D eigenvalue weighted by molar-refractivity contribution is -0.198. The van der Waals surface area contributed by atoms with Crippen molar-refractivity contribution in [3.8, 4) is 0 Å². The van der Waals surface area contributed by atoms with Gasteiger partial charge in [0.15, 0.2) is 0 Å². The predicted octanol–water partition coefficient (Wildman–Crippen LogP) is 2.87. The predicted molar refractivity (Wildman–Crippen MR) is 68.5 cm³/mol. The summed E-state index contributed by atoms with van der Waals surface area (Å²) in [5, 5.41) is 11.7. The van der Waals surface area contributed by atoms with Crippen molar-refractivity contribution in [3.63, 3.8) is 0 Å². The number of amides is 1. The van der Waals surface area contributed by atoms with E-state index in [1.54, 1.807) is 0 Å². The number of hydrogen-bond acceptors (Lipinski definition) is 2. The molecule has 0 aliphatic heterocycles. The van der Waals surface area contributed by atoms with Crippen molar-refractivity contribution in [2.75, 3.05) is 0 Å². The summed E-state index contributed by atoms with van der Waals surface area (Å²) >= 11 is 0. The van der Waals surface area contributed by atoms with Gasteiger partial charge in [-0.15, -0.1) is 0 Å². The van der Waals surface area contributed by atoms with E-state index in [1.807, 2.05) is 0 Å². The second kappa shape index (κ2) is 5.85.